The number of esters is 1. The minimum absolute atomic E-state index is 0.0355. The Hall–Kier alpha value is -1.59. The first-order valence-electron chi connectivity index (χ1n) is 6.34. The second-order valence-electron chi connectivity index (χ2n) is 4.89. The standard InChI is InChI=1S/C13H22O6/c1-8(2)9(11(14)15)6-4-5-7-10(12(16)17)13(18)19-3/h8-10H,4-7H2,1-3H3,(H,14,15)(H,16,17). The number of methoxy groups -OCH3 is 1. The van der Waals surface area contributed by atoms with E-state index in [0.717, 1.165) is 7.11 Å². The van der Waals surface area contributed by atoms with Crippen molar-refractivity contribution < 1.29 is 29.3 Å². The quantitative estimate of drug-likeness (QED) is 0.377. The van der Waals surface area contributed by atoms with Crippen LogP contribution in [0.1, 0.15) is 39.5 Å². The summed E-state index contributed by atoms with van der Waals surface area (Å²) < 4.78 is 4.41. The first-order chi connectivity index (χ1) is 8.81. The number of hydrogen-bond acceptors (Lipinski definition) is 4. The summed E-state index contributed by atoms with van der Waals surface area (Å²) in [7, 11) is 1.15. The molecule has 0 bridgehead atoms. The van der Waals surface area contributed by atoms with Crippen LogP contribution in [0.3, 0.4) is 0 Å². The van der Waals surface area contributed by atoms with Crippen LogP contribution < -0.4 is 0 Å². The van der Waals surface area contributed by atoms with E-state index in [0.29, 0.717) is 19.3 Å². The average Bonchev–Trinajstić information content (AvgIpc) is 2.31. The predicted molar refractivity (Wildman–Crippen MR) is 67.6 cm³/mol. The van der Waals surface area contributed by atoms with E-state index in [1.165, 1.54) is 0 Å². The van der Waals surface area contributed by atoms with E-state index in [1.807, 2.05) is 13.8 Å². The molecule has 0 aliphatic heterocycles. The van der Waals surface area contributed by atoms with Gasteiger partial charge in [0.05, 0.1) is 13.0 Å². The molecule has 0 heterocycles. The van der Waals surface area contributed by atoms with Crippen molar-refractivity contribution in [3.05, 3.63) is 0 Å². The van der Waals surface area contributed by atoms with Gasteiger partial charge in [-0.25, -0.2) is 0 Å². The third kappa shape index (κ3) is 6.22. The van der Waals surface area contributed by atoms with Crippen LogP contribution in [0.2, 0.25) is 0 Å². The maximum absolute atomic E-state index is 11.2. The lowest BCUT2D eigenvalue weighted by molar-refractivity contribution is -0.157. The number of carbonyl (C=O) groups excluding carboxylic acids is 1. The average molecular weight is 274 g/mol. The topological polar surface area (TPSA) is 101 Å². The molecule has 0 radical (unpaired) electrons. The monoisotopic (exact) mass is 274 g/mol. The summed E-state index contributed by atoms with van der Waals surface area (Å²) in [5, 5.41) is 17.9. The number of unbranched alkanes of at least 4 members (excludes halogenated alkanes) is 1. The summed E-state index contributed by atoms with van der Waals surface area (Å²) >= 11 is 0. The van der Waals surface area contributed by atoms with Gasteiger partial charge < -0.3 is 14.9 Å². The maximum Gasteiger partial charge on any atom is 0.320 e. The highest BCUT2D eigenvalue weighted by Gasteiger charge is 2.27. The number of ether oxygens (including phenoxy) is 1. The lowest BCUT2D eigenvalue weighted by Crippen LogP contribution is -2.25. The van der Waals surface area contributed by atoms with E-state index in [4.69, 9.17) is 10.2 Å². The molecule has 0 aliphatic carbocycles. The Balaban J connectivity index is 4.17. The van der Waals surface area contributed by atoms with Crippen molar-refractivity contribution in [2.75, 3.05) is 7.11 Å². The van der Waals surface area contributed by atoms with E-state index < -0.39 is 29.7 Å². The Labute approximate surface area is 112 Å². The van der Waals surface area contributed by atoms with Gasteiger partial charge in [-0.15, -0.1) is 0 Å². The Kier molecular flexibility index (Phi) is 7.79. The zero-order valence-corrected chi connectivity index (χ0v) is 11.6. The third-order valence-corrected chi connectivity index (χ3v) is 3.16. The molecule has 0 amide bonds. The predicted octanol–water partition coefficient (Wildman–Crippen LogP) is 1.78. The molecular weight excluding hydrogens is 252 g/mol. The second-order valence-corrected chi connectivity index (χ2v) is 4.89. The van der Waals surface area contributed by atoms with E-state index in [9.17, 15) is 14.4 Å². The fourth-order valence-corrected chi connectivity index (χ4v) is 1.94. The van der Waals surface area contributed by atoms with Gasteiger partial charge in [-0.2, -0.15) is 0 Å². The molecule has 19 heavy (non-hydrogen) atoms. The molecular formula is C13H22O6. The van der Waals surface area contributed by atoms with Gasteiger partial charge in [0.15, 0.2) is 5.92 Å². The molecule has 0 rings (SSSR count). The zero-order valence-electron chi connectivity index (χ0n) is 11.6. The van der Waals surface area contributed by atoms with Gasteiger partial charge in [-0.3, -0.25) is 14.4 Å². The zero-order chi connectivity index (χ0) is 15.0. The highest BCUT2D eigenvalue weighted by Crippen LogP contribution is 2.20. The fourth-order valence-electron chi connectivity index (χ4n) is 1.94. The van der Waals surface area contributed by atoms with Gasteiger partial charge in [0.25, 0.3) is 0 Å². The maximum atomic E-state index is 11.2. The van der Waals surface area contributed by atoms with Crippen molar-refractivity contribution in [1.29, 1.82) is 0 Å². The number of aliphatic carboxylic acids is 2. The smallest absolute Gasteiger partial charge is 0.320 e. The van der Waals surface area contributed by atoms with Crippen molar-refractivity contribution in [2.24, 2.45) is 17.8 Å². The van der Waals surface area contributed by atoms with Crippen LogP contribution in [0.25, 0.3) is 0 Å². The van der Waals surface area contributed by atoms with Gasteiger partial charge >= 0.3 is 17.9 Å². The highest BCUT2D eigenvalue weighted by molar-refractivity contribution is 5.93. The van der Waals surface area contributed by atoms with Crippen molar-refractivity contribution >= 4 is 17.9 Å². The number of rotatable bonds is 9. The molecule has 110 valence electrons. The van der Waals surface area contributed by atoms with Crippen LogP contribution in [0.15, 0.2) is 0 Å². The minimum atomic E-state index is -1.20. The Morgan fingerprint density at radius 3 is 1.89 bits per heavy atom. The summed E-state index contributed by atoms with van der Waals surface area (Å²) in [6.07, 6.45) is 1.73. The molecule has 6 heteroatoms. The lowest BCUT2D eigenvalue weighted by Gasteiger charge is -2.16. The third-order valence-electron chi connectivity index (χ3n) is 3.16. The number of carboxylic acid groups (broad SMARTS) is 2. The fraction of sp³-hybridized carbons (Fsp3) is 0.769. The van der Waals surface area contributed by atoms with E-state index in [2.05, 4.69) is 4.74 Å². The second kappa shape index (κ2) is 8.50. The Morgan fingerprint density at radius 2 is 1.53 bits per heavy atom. The molecule has 6 nitrogen and oxygen atoms in total. The van der Waals surface area contributed by atoms with E-state index in [1.54, 1.807) is 0 Å². The molecule has 2 unspecified atom stereocenters. The molecule has 0 aromatic heterocycles. The molecule has 0 aromatic rings. The van der Waals surface area contributed by atoms with Gasteiger partial charge in [0, 0.05) is 0 Å². The van der Waals surface area contributed by atoms with Crippen LogP contribution in [-0.2, 0) is 19.1 Å². The Morgan fingerprint density at radius 1 is 1.00 bits per heavy atom. The SMILES string of the molecule is COC(=O)C(CCCCC(C(=O)O)C(C)C)C(=O)O. The Bertz CT molecular complexity index is 323. The van der Waals surface area contributed by atoms with Crippen LogP contribution in [-0.4, -0.2) is 35.2 Å². The van der Waals surface area contributed by atoms with Crippen molar-refractivity contribution in [3.63, 3.8) is 0 Å². The van der Waals surface area contributed by atoms with Crippen molar-refractivity contribution in [3.8, 4) is 0 Å². The van der Waals surface area contributed by atoms with Crippen molar-refractivity contribution in [2.45, 2.75) is 39.5 Å². The summed E-state index contributed by atoms with van der Waals surface area (Å²) in [5.41, 5.74) is 0. The van der Waals surface area contributed by atoms with Gasteiger partial charge in [0.2, 0.25) is 0 Å². The normalized spacial score (nSPS) is 13.9. The van der Waals surface area contributed by atoms with Gasteiger partial charge in [-0.1, -0.05) is 26.7 Å². The first-order valence-corrected chi connectivity index (χ1v) is 6.34. The van der Waals surface area contributed by atoms with Crippen LogP contribution in [0.5, 0.6) is 0 Å². The van der Waals surface area contributed by atoms with Crippen LogP contribution >= 0.6 is 0 Å². The molecule has 0 saturated carbocycles. The summed E-state index contributed by atoms with van der Waals surface area (Å²) in [6, 6.07) is 0. The molecule has 2 atom stereocenters. The highest BCUT2D eigenvalue weighted by atomic mass is 16.5. The van der Waals surface area contributed by atoms with Gasteiger partial charge in [-0.05, 0) is 18.8 Å². The molecule has 2 N–H and O–H groups in total. The van der Waals surface area contributed by atoms with Crippen LogP contribution in [0, 0.1) is 17.8 Å². The molecule has 0 aromatic carbocycles. The summed E-state index contributed by atoms with van der Waals surface area (Å²) in [4.78, 5) is 33.0. The number of hydrogen-bond donors (Lipinski definition) is 2. The van der Waals surface area contributed by atoms with E-state index in [-0.39, 0.29) is 12.3 Å². The minimum Gasteiger partial charge on any atom is -0.481 e. The number of carbonyl (C=O) groups is 3. The lowest BCUT2D eigenvalue weighted by atomic mass is 9.89. The summed E-state index contributed by atoms with van der Waals surface area (Å²) in [6.45, 7) is 3.68. The van der Waals surface area contributed by atoms with Crippen molar-refractivity contribution in [1.82, 2.24) is 0 Å². The van der Waals surface area contributed by atoms with Gasteiger partial charge in [0.1, 0.15) is 0 Å². The number of carboxylic acids is 2. The largest absolute Gasteiger partial charge is 0.481 e. The van der Waals surface area contributed by atoms with Crippen LogP contribution in [0.4, 0.5) is 0 Å². The molecule has 0 saturated heterocycles. The summed E-state index contributed by atoms with van der Waals surface area (Å²) in [5.74, 6) is -4.35. The molecule has 0 spiro atoms. The van der Waals surface area contributed by atoms with E-state index >= 15 is 0 Å². The molecule has 0 aliphatic rings. The molecule has 0 fully saturated rings. The first kappa shape index (κ1) is 17.4.